The summed E-state index contributed by atoms with van der Waals surface area (Å²) < 4.78 is 0. The fourth-order valence-electron chi connectivity index (χ4n) is 4.08. The van der Waals surface area contributed by atoms with Crippen molar-refractivity contribution in [3.8, 4) is 23.0 Å². The van der Waals surface area contributed by atoms with Crippen LogP contribution in [0.5, 0.6) is 0 Å². The topological polar surface area (TPSA) is 0 Å². The number of aryl methyl sites for hydroxylation is 1. The van der Waals surface area contributed by atoms with E-state index >= 15 is 0 Å². The van der Waals surface area contributed by atoms with E-state index in [0.717, 1.165) is 17.0 Å². The molecule has 148 valence electrons. The summed E-state index contributed by atoms with van der Waals surface area (Å²) in [5.41, 5.74) is 7.50. The molecule has 0 nitrogen and oxygen atoms in total. The Morgan fingerprint density at radius 2 is 1.63 bits per heavy atom. The maximum Gasteiger partial charge on any atom is 0.0427 e. The molecule has 0 amide bonds. The SMILES string of the molecule is CCc1c(C)cc2ccc(C#CC(C)c3ccccc3)cc2c1-c1ccc(Cl)cc1. The molecular formula is C29H25Cl. The lowest BCUT2D eigenvalue weighted by molar-refractivity contribution is 1.00. The molecule has 0 saturated heterocycles. The first-order valence-electron chi connectivity index (χ1n) is 10.5. The fourth-order valence-corrected chi connectivity index (χ4v) is 4.20. The molecule has 0 aliphatic heterocycles. The van der Waals surface area contributed by atoms with Gasteiger partial charge in [-0.05, 0) is 83.1 Å². The third-order valence-electron chi connectivity index (χ3n) is 5.69. The van der Waals surface area contributed by atoms with Gasteiger partial charge in [0.1, 0.15) is 0 Å². The predicted octanol–water partition coefficient (Wildman–Crippen LogP) is 8.19. The van der Waals surface area contributed by atoms with E-state index in [1.807, 2.05) is 18.2 Å². The van der Waals surface area contributed by atoms with Crippen molar-refractivity contribution in [2.45, 2.75) is 33.1 Å². The maximum absolute atomic E-state index is 6.15. The van der Waals surface area contributed by atoms with E-state index in [4.69, 9.17) is 11.6 Å². The summed E-state index contributed by atoms with van der Waals surface area (Å²) in [6, 6.07) is 27.5. The monoisotopic (exact) mass is 408 g/mol. The van der Waals surface area contributed by atoms with Crippen LogP contribution >= 0.6 is 11.6 Å². The molecule has 0 saturated carbocycles. The molecule has 0 aromatic heterocycles. The van der Waals surface area contributed by atoms with Crippen molar-refractivity contribution in [3.63, 3.8) is 0 Å². The van der Waals surface area contributed by atoms with Crippen molar-refractivity contribution in [1.82, 2.24) is 0 Å². The largest absolute Gasteiger partial charge is 0.0900 e. The lowest BCUT2D eigenvalue weighted by Crippen LogP contribution is -1.95. The van der Waals surface area contributed by atoms with E-state index in [2.05, 4.69) is 93.3 Å². The number of hydrogen-bond donors (Lipinski definition) is 0. The van der Waals surface area contributed by atoms with Gasteiger partial charge in [0.05, 0.1) is 0 Å². The summed E-state index contributed by atoms with van der Waals surface area (Å²) in [6.07, 6.45) is 0.987. The lowest BCUT2D eigenvalue weighted by atomic mass is 9.88. The second-order valence-corrected chi connectivity index (χ2v) is 8.18. The van der Waals surface area contributed by atoms with Crippen molar-refractivity contribution < 1.29 is 0 Å². The highest BCUT2D eigenvalue weighted by atomic mass is 35.5. The number of benzene rings is 4. The first kappa shape index (κ1) is 20.3. The Bertz CT molecular complexity index is 1240. The van der Waals surface area contributed by atoms with Gasteiger partial charge >= 0.3 is 0 Å². The maximum atomic E-state index is 6.15. The van der Waals surface area contributed by atoms with E-state index in [9.17, 15) is 0 Å². The minimum absolute atomic E-state index is 0.196. The van der Waals surface area contributed by atoms with E-state index in [-0.39, 0.29) is 5.92 Å². The average Bonchev–Trinajstić information content (AvgIpc) is 2.78. The fraction of sp³-hybridized carbons (Fsp3) is 0.172. The molecule has 0 radical (unpaired) electrons. The molecule has 0 aliphatic carbocycles. The molecule has 1 heteroatoms. The number of fused-ring (bicyclic) bond motifs is 1. The Morgan fingerprint density at radius 1 is 0.900 bits per heavy atom. The van der Waals surface area contributed by atoms with E-state index in [1.165, 1.54) is 38.6 Å². The zero-order valence-corrected chi connectivity index (χ0v) is 18.4. The molecule has 0 heterocycles. The van der Waals surface area contributed by atoms with Crippen LogP contribution in [-0.2, 0) is 6.42 Å². The summed E-state index contributed by atoms with van der Waals surface area (Å²) in [5.74, 6) is 7.02. The molecule has 4 rings (SSSR count). The molecule has 0 fully saturated rings. The molecule has 0 aliphatic rings. The third kappa shape index (κ3) is 4.13. The highest BCUT2D eigenvalue weighted by molar-refractivity contribution is 6.30. The van der Waals surface area contributed by atoms with Crippen LogP contribution in [-0.4, -0.2) is 0 Å². The highest BCUT2D eigenvalue weighted by Crippen LogP contribution is 2.36. The van der Waals surface area contributed by atoms with Gasteiger partial charge in [-0.2, -0.15) is 0 Å². The van der Waals surface area contributed by atoms with Crippen LogP contribution < -0.4 is 0 Å². The van der Waals surface area contributed by atoms with Crippen LogP contribution in [0.1, 0.15) is 42.0 Å². The van der Waals surface area contributed by atoms with Gasteiger partial charge < -0.3 is 0 Å². The smallest absolute Gasteiger partial charge is 0.0427 e. The van der Waals surface area contributed by atoms with Gasteiger partial charge in [0, 0.05) is 16.5 Å². The van der Waals surface area contributed by atoms with Crippen LogP contribution in [0.4, 0.5) is 0 Å². The number of rotatable bonds is 3. The minimum atomic E-state index is 0.196. The molecule has 30 heavy (non-hydrogen) atoms. The molecule has 0 bridgehead atoms. The van der Waals surface area contributed by atoms with Gasteiger partial charge in [-0.15, -0.1) is 0 Å². The lowest BCUT2D eigenvalue weighted by Gasteiger charge is -2.16. The Labute approximate surface area is 184 Å². The number of hydrogen-bond acceptors (Lipinski definition) is 0. The summed E-state index contributed by atoms with van der Waals surface area (Å²) in [6.45, 7) is 6.58. The summed E-state index contributed by atoms with van der Waals surface area (Å²) in [7, 11) is 0. The average molecular weight is 409 g/mol. The Balaban J connectivity index is 1.84. The third-order valence-corrected chi connectivity index (χ3v) is 5.94. The van der Waals surface area contributed by atoms with Crippen LogP contribution in [0.15, 0.2) is 78.9 Å². The Kier molecular flexibility index (Phi) is 5.93. The predicted molar refractivity (Wildman–Crippen MR) is 130 cm³/mol. The Hall–Kier alpha value is -3.01. The van der Waals surface area contributed by atoms with Crippen LogP contribution in [0.2, 0.25) is 5.02 Å². The van der Waals surface area contributed by atoms with Gasteiger partial charge in [-0.25, -0.2) is 0 Å². The number of halogens is 1. The van der Waals surface area contributed by atoms with E-state index in [0.29, 0.717) is 0 Å². The second-order valence-electron chi connectivity index (χ2n) is 7.75. The van der Waals surface area contributed by atoms with Gasteiger partial charge in [0.15, 0.2) is 0 Å². The molecule has 4 aromatic rings. The normalized spacial score (nSPS) is 11.7. The molecule has 4 aromatic carbocycles. The van der Waals surface area contributed by atoms with Crippen molar-refractivity contribution in [2.24, 2.45) is 0 Å². The Morgan fingerprint density at radius 3 is 2.33 bits per heavy atom. The molecule has 1 atom stereocenters. The van der Waals surface area contributed by atoms with Gasteiger partial charge in [-0.3, -0.25) is 0 Å². The van der Waals surface area contributed by atoms with Gasteiger partial charge in [0.25, 0.3) is 0 Å². The molecular weight excluding hydrogens is 384 g/mol. The zero-order valence-electron chi connectivity index (χ0n) is 17.7. The van der Waals surface area contributed by atoms with Crippen molar-refractivity contribution in [1.29, 1.82) is 0 Å². The van der Waals surface area contributed by atoms with E-state index < -0.39 is 0 Å². The quantitative estimate of drug-likeness (QED) is 0.300. The van der Waals surface area contributed by atoms with Crippen LogP contribution in [0.25, 0.3) is 21.9 Å². The first-order valence-corrected chi connectivity index (χ1v) is 10.8. The van der Waals surface area contributed by atoms with E-state index in [1.54, 1.807) is 0 Å². The van der Waals surface area contributed by atoms with Crippen molar-refractivity contribution >= 4 is 22.4 Å². The minimum Gasteiger partial charge on any atom is -0.0900 e. The molecule has 1 unspecified atom stereocenters. The zero-order chi connectivity index (χ0) is 21.1. The first-order chi connectivity index (χ1) is 14.6. The van der Waals surface area contributed by atoms with Crippen molar-refractivity contribution in [2.75, 3.05) is 0 Å². The van der Waals surface area contributed by atoms with Gasteiger partial charge in [0.2, 0.25) is 0 Å². The summed E-state index contributed by atoms with van der Waals surface area (Å²) in [4.78, 5) is 0. The summed E-state index contributed by atoms with van der Waals surface area (Å²) in [5, 5.41) is 3.26. The van der Waals surface area contributed by atoms with Gasteiger partial charge in [-0.1, -0.05) is 85.0 Å². The molecule has 0 N–H and O–H groups in total. The van der Waals surface area contributed by atoms with Crippen LogP contribution in [0.3, 0.4) is 0 Å². The highest BCUT2D eigenvalue weighted by Gasteiger charge is 2.12. The molecule has 0 spiro atoms. The second kappa shape index (κ2) is 8.78. The summed E-state index contributed by atoms with van der Waals surface area (Å²) >= 11 is 6.15. The van der Waals surface area contributed by atoms with Crippen molar-refractivity contribution in [3.05, 3.63) is 106 Å². The van der Waals surface area contributed by atoms with Crippen LogP contribution in [0, 0.1) is 18.8 Å². The standard InChI is InChI=1S/C29H25Cl/c1-4-27-21(3)18-25-13-12-22(11-10-20(2)23-8-6-5-7-9-23)19-28(25)29(27)24-14-16-26(30)17-15-24/h5-9,12-20H,4H2,1-3H3.